The van der Waals surface area contributed by atoms with Gasteiger partial charge in [-0.05, 0) is 66.5 Å². The van der Waals surface area contributed by atoms with Crippen molar-refractivity contribution in [2.45, 2.75) is 135 Å². The Balaban J connectivity index is 2.06. The minimum Gasteiger partial charge on any atom is -0.458 e. The third kappa shape index (κ3) is 7.87. The van der Waals surface area contributed by atoms with Gasteiger partial charge in [-0.15, -0.1) is 0 Å². The van der Waals surface area contributed by atoms with Gasteiger partial charge in [0.1, 0.15) is 23.6 Å². The fourth-order valence-electron chi connectivity index (χ4n) is 7.51. The number of ketones is 1. The molecule has 0 saturated carbocycles. The number of nitrogens with one attached hydrogen (secondary N) is 1. The number of Topliss-reactive ketones (excluding diaryl/α,β-unsaturated/α-hetero) is 1. The van der Waals surface area contributed by atoms with Crippen LogP contribution < -0.4 is 11.1 Å². The average molecular weight is 613 g/mol. The molecule has 12 heteroatoms. The summed E-state index contributed by atoms with van der Waals surface area (Å²) in [6.07, 6.45) is -1.22. The van der Waals surface area contributed by atoms with Crippen molar-refractivity contribution in [3.63, 3.8) is 0 Å². The van der Waals surface area contributed by atoms with Crippen molar-refractivity contribution in [2.24, 2.45) is 23.7 Å². The molecule has 12 nitrogen and oxygen atoms in total. The lowest BCUT2D eigenvalue weighted by Gasteiger charge is -2.45. The predicted octanol–water partition coefficient (Wildman–Crippen LogP) is 3.06. The number of nitrogens with zero attached hydrogens (tertiary/aromatic N) is 1. The zero-order valence-electron chi connectivity index (χ0n) is 27.6. The van der Waals surface area contributed by atoms with Gasteiger partial charge in [0.15, 0.2) is 11.9 Å². The molecule has 12 atom stereocenters. The Bertz CT molecular complexity index is 1040. The maximum absolute atomic E-state index is 14.0. The average Bonchev–Trinajstić information content (AvgIpc) is 3.22. The van der Waals surface area contributed by atoms with Crippen molar-refractivity contribution in [3.8, 4) is 0 Å². The van der Waals surface area contributed by atoms with Crippen molar-refractivity contribution in [1.29, 1.82) is 0 Å². The van der Waals surface area contributed by atoms with Crippen LogP contribution in [0, 0.1) is 23.7 Å². The number of cyclic esters (lactones) is 1. The molecular formula is C31H54N3O9+. The molecule has 3 aliphatic heterocycles. The largest absolute Gasteiger partial charge is 0.511 e. The van der Waals surface area contributed by atoms with E-state index in [0.29, 0.717) is 19.3 Å². The number of ether oxygens (including phenoxy) is 5. The third-order valence-corrected chi connectivity index (χ3v) is 9.69. The van der Waals surface area contributed by atoms with Gasteiger partial charge < -0.3 is 33.9 Å². The number of hydrogen-bond donors (Lipinski definition) is 2. The minimum atomic E-state index is -1.29. The maximum Gasteiger partial charge on any atom is 0.511 e. The summed E-state index contributed by atoms with van der Waals surface area (Å²) in [5.74, 6) is -2.76. The number of rotatable bonds is 5. The summed E-state index contributed by atoms with van der Waals surface area (Å²) in [4.78, 5) is 54.6. The van der Waals surface area contributed by atoms with E-state index in [1.165, 1.54) is 0 Å². The molecule has 0 aromatic carbocycles. The van der Waals surface area contributed by atoms with Gasteiger partial charge >= 0.3 is 18.2 Å². The highest BCUT2D eigenvalue weighted by molar-refractivity contribution is 5.85. The highest BCUT2D eigenvalue weighted by Gasteiger charge is 2.57. The number of alkyl carbamates (subject to hydrolysis) is 1. The molecule has 3 fully saturated rings. The lowest BCUT2D eigenvalue weighted by Crippen LogP contribution is -2.63. The Labute approximate surface area is 256 Å². The van der Waals surface area contributed by atoms with E-state index in [1.807, 2.05) is 34.9 Å². The molecule has 0 radical (unpaired) electrons. The Morgan fingerprint density at radius 1 is 1.05 bits per heavy atom. The molecule has 3 rings (SSSR count). The lowest BCUT2D eigenvalue weighted by atomic mass is 9.74. The van der Waals surface area contributed by atoms with Crippen LogP contribution in [0.15, 0.2) is 0 Å². The fourth-order valence-corrected chi connectivity index (χ4v) is 7.51. The van der Waals surface area contributed by atoms with Crippen LogP contribution in [0.3, 0.4) is 0 Å². The van der Waals surface area contributed by atoms with E-state index < -0.39 is 71.7 Å². The van der Waals surface area contributed by atoms with Crippen molar-refractivity contribution in [2.75, 3.05) is 14.1 Å². The summed E-state index contributed by atoms with van der Waals surface area (Å²) in [5.41, 5.74) is 0.935. The van der Waals surface area contributed by atoms with Gasteiger partial charge in [-0.3, -0.25) is 15.3 Å². The van der Waals surface area contributed by atoms with E-state index in [4.69, 9.17) is 23.7 Å². The summed E-state index contributed by atoms with van der Waals surface area (Å²) >= 11 is 0. The van der Waals surface area contributed by atoms with Crippen LogP contribution in [0.1, 0.15) is 87.5 Å². The van der Waals surface area contributed by atoms with E-state index in [-0.39, 0.29) is 30.3 Å². The molecule has 0 spiro atoms. The minimum absolute atomic E-state index is 0.0546. The Morgan fingerprint density at radius 3 is 2.28 bits per heavy atom. The molecule has 2 unspecified atom stereocenters. The molecule has 43 heavy (non-hydrogen) atoms. The monoisotopic (exact) mass is 612 g/mol. The number of quaternary nitrogens is 1. The van der Waals surface area contributed by atoms with Gasteiger partial charge in [0.25, 0.3) is 0 Å². The smallest absolute Gasteiger partial charge is 0.458 e. The number of amides is 2. The standard InChI is InChI=1S/C31H53N3O9/c1-11-22-31(8)25(33-29(38)43-31)20(6)24(35)18(4)15-30(7,42-28(32)37)26(16(2)12-17(3)27(36)40-22)41-23-14-21(34(9)10)13-19(5)39-23/h16-23,25-26H,11-15H2,1-10H3,(H2,32,37)(H,33,38)/p+1/t16-,17+,18+,19+,20?,21-,22+,23-,25?,26+,30+,31+/m0/s1. The van der Waals surface area contributed by atoms with Gasteiger partial charge in [-0.1, -0.05) is 34.6 Å². The van der Waals surface area contributed by atoms with E-state index in [2.05, 4.69) is 16.0 Å². The number of esters is 1. The van der Waals surface area contributed by atoms with Crippen LogP contribution in [0.25, 0.3) is 0 Å². The molecule has 2 amide bonds. The molecule has 3 heterocycles. The summed E-state index contributed by atoms with van der Waals surface area (Å²) in [6.45, 7) is 14.6. The first-order valence-corrected chi connectivity index (χ1v) is 15.7. The number of carbonyl (C=O) groups excluding carboxylic acids is 4. The Morgan fingerprint density at radius 2 is 1.70 bits per heavy atom. The van der Waals surface area contributed by atoms with E-state index in [0.717, 1.165) is 6.42 Å². The van der Waals surface area contributed by atoms with Crippen LogP contribution >= 0.6 is 0 Å². The van der Waals surface area contributed by atoms with Gasteiger partial charge in [0.05, 0.1) is 18.1 Å². The Kier molecular flexibility index (Phi) is 11.3. The fraction of sp³-hybridized carbons (Fsp3) is 0.871. The highest BCUT2D eigenvalue weighted by atomic mass is 16.7. The zero-order valence-corrected chi connectivity index (χ0v) is 27.6. The third-order valence-electron chi connectivity index (χ3n) is 9.69. The van der Waals surface area contributed by atoms with Crippen molar-refractivity contribution < 1.29 is 48.6 Å². The van der Waals surface area contributed by atoms with Crippen LogP contribution in [-0.2, 0) is 33.3 Å². The summed E-state index contributed by atoms with van der Waals surface area (Å²) in [5, 5.41) is 2.79. The summed E-state index contributed by atoms with van der Waals surface area (Å²) in [6, 6.07) is -0.512. The first-order chi connectivity index (χ1) is 19.9. The molecule has 4 N–H and O–H groups in total. The maximum atomic E-state index is 14.0. The SMILES string of the molecule is CC[C@H]1OC(=O)[C@H](C)C[C@H](C)[C@@H](O[C@H]2C[C@@H](N(C)C)C[C@@H](C)O2)[C@](C)(OC([NH3+])=O)C[C@@H](C)C(=O)C(C)C2NC(=O)O[C@@]21C. The molecule has 0 bridgehead atoms. The first-order valence-electron chi connectivity index (χ1n) is 15.7. The topological polar surface area (TPSA) is 157 Å². The molecule has 3 saturated heterocycles. The molecule has 0 aromatic heterocycles. The molecule has 0 aliphatic carbocycles. The Hall–Kier alpha value is -2.28. The van der Waals surface area contributed by atoms with Crippen LogP contribution in [0.4, 0.5) is 9.59 Å². The van der Waals surface area contributed by atoms with Crippen LogP contribution in [0.2, 0.25) is 0 Å². The molecule has 3 aliphatic rings. The van der Waals surface area contributed by atoms with Gasteiger partial charge in [-0.25, -0.2) is 4.79 Å². The van der Waals surface area contributed by atoms with Gasteiger partial charge in [-0.2, -0.15) is 4.79 Å². The lowest BCUT2D eigenvalue weighted by molar-refractivity contribution is -0.315. The van der Waals surface area contributed by atoms with Crippen LogP contribution in [0.5, 0.6) is 0 Å². The first kappa shape index (κ1) is 35.2. The molecule has 246 valence electrons. The van der Waals surface area contributed by atoms with Gasteiger partial charge in [0.2, 0.25) is 0 Å². The number of carbonyl (C=O) groups is 4. The van der Waals surface area contributed by atoms with E-state index in [1.54, 1.807) is 34.6 Å². The van der Waals surface area contributed by atoms with E-state index in [9.17, 15) is 19.2 Å². The second-order valence-electron chi connectivity index (χ2n) is 13.7. The molecular weight excluding hydrogens is 558 g/mol. The second kappa shape index (κ2) is 13.8. The normalized spacial score (nSPS) is 43.2. The molecule has 0 aromatic rings. The second-order valence-corrected chi connectivity index (χ2v) is 13.7. The summed E-state index contributed by atoms with van der Waals surface area (Å²) < 4.78 is 30.6. The quantitative estimate of drug-likeness (QED) is 0.349. The van der Waals surface area contributed by atoms with Crippen LogP contribution in [-0.4, -0.2) is 90.8 Å². The van der Waals surface area contributed by atoms with Crippen molar-refractivity contribution in [1.82, 2.24) is 10.2 Å². The van der Waals surface area contributed by atoms with Gasteiger partial charge in [0, 0.05) is 24.3 Å². The number of fused-ring (bicyclic) bond motifs is 1. The highest BCUT2D eigenvalue weighted by Crippen LogP contribution is 2.40. The summed E-state index contributed by atoms with van der Waals surface area (Å²) in [7, 11) is 4.04. The van der Waals surface area contributed by atoms with Crippen molar-refractivity contribution in [3.05, 3.63) is 0 Å². The van der Waals surface area contributed by atoms with E-state index >= 15 is 0 Å². The van der Waals surface area contributed by atoms with Crippen molar-refractivity contribution >= 4 is 23.9 Å². The zero-order chi connectivity index (χ0) is 32.4. The predicted molar refractivity (Wildman–Crippen MR) is 157 cm³/mol. The number of hydrogen-bond acceptors (Lipinski definition) is 10.